The number of carbonyl (C=O) groups excluding carboxylic acids is 1. The van der Waals surface area contributed by atoms with Crippen LogP contribution in [0.1, 0.15) is 27.3 Å². The second kappa shape index (κ2) is 9.16. The summed E-state index contributed by atoms with van der Waals surface area (Å²) in [6, 6.07) is 12.6. The standard InChI is InChI=1S/C22H20Cl2N2O3/c1-14-11-18(26(2)25-14)19(27)9-7-15-8-10-20(28-3)16(12-15)13-29-21-6-4-5-17(23)22(21)24/h4-12H,13H2,1-3H3/b9-7+. The largest absolute Gasteiger partial charge is 0.496 e. The van der Waals surface area contributed by atoms with E-state index in [1.165, 1.54) is 6.08 Å². The van der Waals surface area contributed by atoms with Crippen LogP contribution in [0.25, 0.3) is 6.08 Å². The molecule has 5 nitrogen and oxygen atoms in total. The predicted octanol–water partition coefficient (Wildman–Crippen LogP) is 5.52. The summed E-state index contributed by atoms with van der Waals surface area (Å²) in [5.74, 6) is 1.05. The lowest BCUT2D eigenvalue weighted by atomic mass is 10.1. The van der Waals surface area contributed by atoms with Crippen molar-refractivity contribution in [2.24, 2.45) is 7.05 Å². The van der Waals surface area contributed by atoms with E-state index in [0.717, 1.165) is 16.8 Å². The Bertz CT molecular complexity index is 1070. The van der Waals surface area contributed by atoms with E-state index in [-0.39, 0.29) is 12.4 Å². The van der Waals surface area contributed by atoms with Crippen molar-refractivity contribution in [3.63, 3.8) is 0 Å². The summed E-state index contributed by atoms with van der Waals surface area (Å²) in [6.45, 7) is 2.09. The lowest BCUT2D eigenvalue weighted by Gasteiger charge is -2.12. The molecule has 0 unspecified atom stereocenters. The van der Waals surface area contributed by atoms with E-state index in [1.54, 1.807) is 49.2 Å². The molecule has 0 radical (unpaired) electrons. The second-order valence-electron chi connectivity index (χ2n) is 6.40. The minimum Gasteiger partial charge on any atom is -0.496 e. The highest BCUT2D eigenvalue weighted by atomic mass is 35.5. The van der Waals surface area contributed by atoms with Gasteiger partial charge >= 0.3 is 0 Å². The molecule has 0 saturated heterocycles. The van der Waals surface area contributed by atoms with Gasteiger partial charge in [-0.3, -0.25) is 9.48 Å². The number of ether oxygens (including phenoxy) is 2. The highest BCUT2D eigenvalue weighted by molar-refractivity contribution is 6.42. The first-order chi connectivity index (χ1) is 13.9. The van der Waals surface area contributed by atoms with Gasteiger partial charge in [-0.15, -0.1) is 0 Å². The molecule has 0 aliphatic rings. The minimum absolute atomic E-state index is 0.118. The van der Waals surface area contributed by atoms with Gasteiger partial charge in [0, 0.05) is 12.6 Å². The van der Waals surface area contributed by atoms with Gasteiger partial charge in [0.1, 0.15) is 28.8 Å². The predicted molar refractivity (Wildman–Crippen MR) is 115 cm³/mol. The molecule has 3 rings (SSSR count). The summed E-state index contributed by atoms with van der Waals surface area (Å²) in [5.41, 5.74) is 2.99. The Morgan fingerprint density at radius 2 is 1.97 bits per heavy atom. The Morgan fingerprint density at radius 3 is 2.66 bits per heavy atom. The van der Waals surface area contributed by atoms with E-state index < -0.39 is 0 Å². The molecule has 0 aliphatic heterocycles. The normalized spacial score (nSPS) is 11.1. The monoisotopic (exact) mass is 430 g/mol. The highest BCUT2D eigenvalue weighted by Crippen LogP contribution is 2.32. The van der Waals surface area contributed by atoms with Crippen LogP contribution in [-0.2, 0) is 13.7 Å². The van der Waals surface area contributed by atoms with Gasteiger partial charge in [-0.1, -0.05) is 41.4 Å². The number of aryl methyl sites for hydroxylation is 2. The Balaban J connectivity index is 1.78. The molecule has 1 heterocycles. The zero-order valence-corrected chi connectivity index (χ0v) is 17.8. The van der Waals surface area contributed by atoms with E-state index in [9.17, 15) is 4.79 Å². The van der Waals surface area contributed by atoms with Crippen molar-refractivity contribution in [1.29, 1.82) is 0 Å². The van der Waals surface area contributed by atoms with Crippen molar-refractivity contribution in [1.82, 2.24) is 9.78 Å². The molecule has 0 saturated carbocycles. The Labute approximate surface area is 179 Å². The number of nitrogens with zero attached hydrogens (tertiary/aromatic N) is 2. The summed E-state index contributed by atoms with van der Waals surface area (Å²) in [7, 11) is 3.34. The fourth-order valence-electron chi connectivity index (χ4n) is 2.86. The molecule has 0 amide bonds. The minimum atomic E-state index is -0.118. The van der Waals surface area contributed by atoms with E-state index in [2.05, 4.69) is 5.10 Å². The smallest absolute Gasteiger partial charge is 0.203 e. The number of allylic oxidation sites excluding steroid dienone is 1. The highest BCUT2D eigenvalue weighted by Gasteiger charge is 2.11. The first-order valence-corrected chi connectivity index (χ1v) is 9.61. The van der Waals surface area contributed by atoms with Crippen LogP contribution in [0.4, 0.5) is 0 Å². The van der Waals surface area contributed by atoms with Crippen LogP contribution in [0.5, 0.6) is 11.5 Å². The molecule has 0 spiro atoms. The molecular weight excluding hydrogens is 411 g/mol. The summed E-state index contributed by atoms with van der Waals surface area (Å²) in [6.07, 6.45) is 3.27. The SMILES string of the molecule is COc1ccc(/C=C/C(=O)c2cc(C)nn2C)cc1COc1cccc(Cl)c1Cl. The fraction of sp³-hybridized carbons (Fsp3) is 0.182. The van der Waals surface area contributed by atoms with Gasteiger partial charge in [-0.05, 0) is 48.9 Å². The molecule has 0 bridgehead atoms. The number of methoxy groups -OCH3 is 1. The lowest BCUT2D eigenvalue weighted by Crippen LogP contribution is -2.04. The van der Waals surface area contributed by atoms with E-state index in [4.69, 9.17) is 32.7 Å². The van der Waals surface area contributed by atoms with E-state index >= 15 is 0 Å². The first-order valence-electron chi connectivity index (χ1n) is 8.86. The number of ketones is 1. The van der Waals surface area contributed by atoms with Gasteiger partial charge in [0.25, 0.3) is 0 Å². The van der Waals surface area contributed by atoms with E-state index in [1.807, 2.05) is 25.1 Å². The average molecular weight is 431 g/mol. The Morgan fingerprint density at radius 1 is 1.17 bits per heavy atom. The number of hydrogen-bond acceptors (Lipinski definition) is 4. The molecule has 29 heavy (non-hydrogen) atoms. The summed E-state index contributed by atoms with van der Waals surface area (Å²) in [5, 5.41) is 4.99. The van der Waals surface area contributed by atoms with Crippen molar-refractivity contribution in [2.45, 2.75) is 13.5 Å². The third kappa shape index (κ3) is 5.00. The van der Waals surface area contributed by atoms with Crippen LogP contribution < -0.4 is 9.47 Å². The average Bonchev–Trinajstić information content (AvgIpc) is 3.05. The van der Waals surface area contributed by atoms with E-state index in [0.29, 0.717) is 27.2 Å². The Kier molecular flexibility index (Phi) is 6.62. The number of benzene rings is 2. The number of rotatable bonds is 7. The molecule has 0 fully saturated rings. The first kappa shape index (κ1) is 21.0. The zero-order valence-electron chi connectivity index (χ0n) is 16.3. The van der Waals surface area contributed by atoms with Gasteiger partial charge < -0.3 is 9.47 Å². The van der Waals surface area contributed by atoms with Crippen molar-refractivity contribution in [3.05, 3.63) is 81.1 Å². The molecule has 0 atom stereocenters. The molecule has 3 aromatic rings. The molecule has 7 heteroatoms. The molecule has 1 aromatic heterocycles. The maximum absolute atomic E-state index is 12.4. The maximum Gasteiger partial charge on any atom is 0.203 e. The van der Waals surface area contributed by atoms with Crippen molar-refractivity contribution in [2.75, 3.05) is 7.11 Å². The third-order valence-corrected chi connectivity index (χ3v) is 5.09. The second-order valence-corrected chi connectivity index (χ2v) is 7.19. The number of halogens is 2. The van der Waals surface area contributed by atoms with Crippen LogP contribution in [0, 0.1) is 6.92 Å². The zero-order chi connectivity index (χ0) is 21.0. The lowest BCUT2D eigenvalue weighted by molar-refractivity contribution is 0.103. The van der Waals surface area contributed by atoms with Crippen molar-refractivity contribution in [3.8, 4) is 11.5 Å². The van der Waals surface area contributed by atoms with Gasteiger partial charge in [-0.25, -0.2) is 0 Å². The topological polar surface area (TPSA) is 53.3 Å². The maximum atomic E-state index is 12.4. The van der Waals surface area contributed by atoms with Crippen LogP contribution >= 0.6 is 23.2 Å². The number of hydrogen-bond donors (Lipinski definition) is 0. The molecule has 0 N–H and O–H groups in total. The van der Waals surface area contributed by atoms with Gasteiger partial charge in [0.05, 0.1) is 17.8 Å². The van der Waals surface area contributed by atoms with Crippen LogP contribution in [-0.4, -0.2) is 22.7 Å². The quantitative estimate of drug-likeness (QED) is 0.365. The van der Waals surface area contributed by atoms with Crippen LogP contribution in [0.3, 0.4) is 0 Å². The van der Waals surface area contributed by atoms with Gasteiger partial charge in [0.2, 0.25) is 5.78 Å². The number of aromatic nitrogens is 2. The summed E-state index contributed by atoms with van der Waals surface area (Å²) in [4.78, 5) is 12.4. The van der Waals surface area contributed by atoms with Gasteiger partial charge in [-0.2, -0.15) is 5.10 Å². The molecular formula is C22H20Cl2N2O3. The van der Waals surface area contributed by atoms with Crippen LogP contribution in [0.2, 0.25) is 10.0 Å². The molecule has 150 valence electrons. The molecule has 2 aromatic carbocycles. The van der Waals surface area contributed by atoms with Crippen LogP contribution in [0.15, 0.2) is 48.5 Å². The third-order valence-electron chi connectivity index (χ3n) is 4.29. The van der Waals surface area contributed by atoms with Gasteiger partial charge in [0.15, 0.2) is 0 Å². The Hall–Kier alpha value is -2.76. The summed E-state index contributed by atoms with van der Waals surface area (Å²) < 4.78 is 12.8. The van der Waals surface area contributed by atoms with Crippen molar-refractivity contribution >= 4 is 35.1 Å². The fourth-order valence-corrected chi connectivity index (χ4v) is 3.21. The van der Waals surface area contributed by atoms with Crippen molar-refractivity contribution < 1.29 is 14.3 Å². The molecule has 0 aliphatic carbocycles. The summed E-state index contributed by atoms with van der Waals surface area (Å²) >= 11 is 12.2. The number of carbonyl (C=O) groups is 1.